The lowest BCUT2D eigenvalue weighted by Gasteiger charge is -2.29. The molecule has 0 spiro atoms. The quantitative estimate of drug-likeness (QED) is 0.724. The van der Waals surface area contributed by atoms with E-state index in [9.17, 15) is 5.11 Å². The van der Waals surface area contributed by atoms with E-state index in [-0.39, 0.29) is 6.10 Å². The number of piperidine rings is 1. The Balaban J connectivity index is 1.37. The number of hydrogen-bond acceptors (Lipinski definition) is 3. The molecule has 23 heavy (non-hydrogen) atoms. The molecule has 1 aliphatic carbocycles. The summed E-state index contributed by atoms with van der Waals surface area (Å²) in [6.07, 6.45) is 7.02. The van der Waals surface area contributed by atoms with Gasteiger partial charge in [-0.15, -0.1) is 0 Å². The van der Waals surface area contributed by atoms with Crippen LogP contribution in [0.2, 0.25) is 0 Å². The summed E-state index contributed by atoms with van der Waals surface area (Å²) in [7, 11) is 0. The molecule has 1 saturated heterocycles. The van der Waals surface area contributed by atoms with Gasteiger partial charge >= 0.3 is 0 Å². The smallest absolute Gasteiger partial charge is 0.0564 e. The van der Waals surface area contributed by atoms with Gasteiger partial charge in [0.15, 0.2) is 0 Å². The van der Waals surface area contributed by atoms with Gasteiger partial charge in [0, 0.05) is 19.1 Å². The van der Waals surface area contributed by atoms with E-state index in [1.807, 2.05) is 0 Å². The third-order valence-electron chi connectivity index (χ3n) is 5.38. The number of nitrogens with one attached hydrogen (secondary N) is 1. The number of aliphatic hydroxyl groups excluding tert-OH is 1. The van der Waals surface area contributed by atoms with Crippen molar-refractivity contribution in [2.75, 3.05) is 26.2 Å². The van der Waals surface area contributed by atoms with Crippen LogP contribution in [-0.2, 0) is 6.42 Å². The van der Waals surface area contributed by atoms with E-state index in [1.165, 1.54) is 43.4 Å². The fraction of sp³-hybridized carbons (Fsp3) is 0.700. The van der Waals surface area contributed by atoms with E-state index in [2.05, 4.69) is 41.4 Å². The van der Waals surface area contributed by atoms with Gasteiger partial charge in [0.1, 0.15) is 0 Å². The predicted octanol–water partition coefficient (Wildman–Crippen LogP) is 2.75. The summed E-state index contributed by atoms with van der Waals surface area (Å²) in [5.74, 6) is 0.890. The molecule has 3 nitrogen and oxygen atoms in total. The third kappa shape index (κ3) is 5.59. The van der Waals surface area contributed by atoms with Gasteiger partial charge in [-0.2, -0.15) is 0 Å². The van der Waals surface area contributed by atoms with Gasteiger partial charge < -0.3 is 15.3 Å². The molecular formula is C20H32N2O. The average molecular weight is 316 g/mol. The van der Waals surface area contributed by atoms with Gasteiger partial charge in [-0.1, -0.05) is 29.8 Å². The molecule has 2 N–H and O–H groups in total. The summed E-state index contributed by atoms with van der Waals surface area (Å²) in [4.78, 5) is 2.50. The van der Waals surface area contributed by atoms with Crippen molar-refractivity contribution < 1.29 is 5.11 Å². The van der Waals surface area contributed by atoms with Gasteiger partial charge in [0.05, 0.1) is 6.10 Å². The van der Waals surface area contributed by atoms with Crippen LogP contribution in [-0.4, -0.2) is 48.3 Å². The monoisotopic (exact) mass is 316 g/mol. The van der Waals surface area contributed by atoms with Crippen LogP contribution < -0.4 is 5.32 Å². The van der Waals surface area contributed by atoms with Crippen molar-refractivity contribution in [3.8, 4) is 0 Å². The molecule has 1 saturated carbocycles. The number of rotatable bonds is 8. The fourth-order valence-electron chi connectivity index (χ4n) is 3.62. The molecule has 3 heteroatoms. The Hall–Kier alpha value is -0.900. The molecule has 2 fully saturated rings. The highest BCUT2D eigenvalue weighted by Crippen LogP contribution is 2.34. The Labute approximate surface area is 141 Å². The van der Waals surface area contributed by atoms with E-state index in [0.29, 0.717) is 6.04 Å². The zero-order chi connectivity index (χ0) is 16.1. The Morgan fingerprint density at radius 1 is 1.13 bits per heavy atom. The molecule has 3 rings (SSSR count). The second-order valence-electron chi connectivity index (χ2n) is 7.51. The zero-order valence-corrected chi connectivity index (χ0v) is 14.5. The summed E-state index contributed by atoms with van der Waals surface area (Å²) in [5, 5.41) is 13.4. The minimum absolute atomic E-state index is 0.0573. The summed E-state index contributed by atoms with van der Waals surface area (Å²) >= 11 is 0. The topological polar surface area (TPSA) is 35.5 Å². The molecule has 0 radical (unpaired) electrons. The molecule has 0 bridgehead atoms. The molecule has 0 amide bonds. The average Bonchev–Trinajstić information content (AvgIpc) is 3.39. The normalized spacial score (nSPS) is 21.5. The SMILES string of the molecule is Cc1ccc(CC(NCCCN2CCC(O)CC2)C2CC2)cc1. The van der Waals surface area contributed by atoms with Gasteiger partial charge in [0.2, 0.25) is 0 Å². The Morgan fingerprint density at radius 2 is 1.83 bits per heavy atom. The van der Waals surface area contributed by atoms with Gasteiger partial charge in [-0.3, -0.25) is 0 Å². The van der Waals surface area contributed by atoms with Crippen molar-refractivity contribution in [3.63, 3.8) is 0 Å². The molecule has 1 unspecified atom stereocenters. The molecule has 1 aliphatic heterocycles. The molecule has 1 aromatic rings. The molecular weight excluding hydrogens is 284 g/mol. The van der Waals surface area contributed by atoms with Crippen LogP contribution in [0.4, 0.5) is 0 Å². The lowest BCUT2D eigenvalue weighted by Crippen LogP contribution is -2.39. The summed E-state index contributed by atoms with van der Waals surface area (Å²) in [6.45, 7) is 6.57. The first-order valence-corrected chi connectivity index (χ1v) is 9.40. The first kappa shape index (κ1) is 16.9. The minimum Gasteiger partial charge on any atom is -0.393 e. The van der Waals surface area contributed by atoms with Crippen molar-refractivity contribution in [1.29, 1.82) is 0 Å². The van der Waals surface area contributed by atoms with Crippen LogP contribution in [0.1, 0.15) is 43.2 Å². The first-order valence-electron chi connectivity index (χ1n) is 9.40. The fourth-order valence-corrected chi connectivity index (χ4v) is 3.62. The largest absolute Gasteiger partial charge is 0.393 e. The molecule has 2 aliphatic rings. The number of benzene rings is 1. The van der Waals surface area contributed by atoms with Crippen molar-refractivity contribution in [1.82, 2.24) is 10.2 Å². The number of aryl methyl sites for hydroxylation is 1. The summed E-state index contributed by atoms with van der Waals surface area (Å²) < 4.78 is 0. The van der Waals surface area contributed by atoms with Crippen LogP contribution in [0, 0.1) is 12.8 Å². The van der Waals surface area contributed by atoms with Crippen molar-refractivity contribution >= 4 is 0 Å². The molecule has 1 atom stereocenters. The van der Waals surface area contributed by atoms with Crippen molar-refractivity contribution in [2.45, 2.75) is 57.6 Å². The lowest BCUT2D eigenvalue weighted by atomic mass is 10.0. The van der Waals surface area contributed by atoms with E-state index in [1.54, 1.807) is 0 Å². The van der Waals surface area contributed by atoms with E-state index in [4.69, 9.17) is 0 Å². The number of nitrogens with zero attached hydrogens (tertiary/aromatic N) is 1. The number of hydrogen-bond donors (Lipinski definition) is 2. The maximum Gasteiger partial charge on any atom is 0.0564 e. The van der Waals surface area contributed by atoms with Gasteiger partial charge in [-0.25, -0.2) is 0 Å². The van der Waals surface area contributed by atoms with Gasteiger partial charge in [0.25, 0.3) is 0 Å². The molecule has 1 heterocycles. The van der Waals surface area contributed by atoms with Crippen molar-refractivity contribution in [3.05, 3.63) is 35.4 Å². The Kier molecular flexibility index (Phi) is 6.09. The third-order valence-corrected chi connectivity index (χ3v) is 5.38. The van der Waals surface area contributed by atoms with Crippen LogP contribution in [0.3, 0.4) is 0 Å². The van der Waals surface area contributed by atoms with Crippen LogP contribution in [0.5, 0.6) is 0 Å². The second kappa shape index (κ2) is 8.27. The minimum atomic E-state index is -0.0573. The second-order valence-corrected chi connectivity index (χ2v) is 7.51. The highest BCUT2D eigenvalue weighted by Gasteiger charge is 2.30. The van der Waals surface area contributed by atoms with Crippen molar-refractivity contribution in [2.24, 2.45) is 5.92 Å². The standard InChI is InChI=1S/C20H32N2O/c1-16-3-5-17(6-4-16)15-20(18-7-8-18)21-11-2-12-22-13-9-19(23)10-14-22/h3-6,18-21,23H,2,7-15H2,1H3. The van der Waals surface area contributed by atoms with Gasteiger partial charge in [-0.05, 0) is 70.0 Å². The predicted molar refractivity (Wildman–Crippen MR) is 95.7 cm³/mol. The molecule has 1 aromatic carbocycles. The van der Waals surface area contributed by atoms with Crippen LogP contribution >= 0.6 is 0 Å². The summed E-state index contributed by atoms with van der Waals surface area (Å²) in [6, 6.07) is 9.67. The lowest BCUT2D eigenvalue weighted by molar-refractivity contribution is 0.0820. The highest BCUT2D eigenvalue weighted by molar-refractivity contribution is 5.22. The number of aliphatic hydroxyl groups is 1. The van der Waals surface area contributed by atoms with Crippen LogP contribution in [0.15, 0.2) is 24.3 Å². The van der Waals surface area contributed by atoms with E-state index in [0.717, 1.165) is 38.4 Å². The molecule has 0 aromatic heterocycles. The van der Waals surface area contributed by atoms with Crippen LogP contribution in [0.25, 0.3) is 0 Å². The Morgan fingerprint density at radius 3 is 2.48 bits per heavy atom. The summed E-state index contributed by atoms with van der Waals surface area (Å²) in [5.41, 5.74) is 2.81. The molecule has 128 valence electrons. The Bertz CT molecular complexity index is 461. The maximum absolute atomic E-state index is 9.56. The number of likely N-dealkylation sites (tertiary alicyclic amines) is 1. The van der Waals surface area contributed by atoms with E-state index < -0.39 is 0 Å². The highest BCUT2D eigenvalue weighted by atomic mass is 16.3. The first-order chi connectivity index (χ1) is 11.2. The zero-order valence-electron chi connectivity index (χ0n) is 14.5. The maximum atomic E-state index is 9.56. The van der Waals surface area contributed by atoms with E-state index >= 15 is 0 Å².